The van der Waals surface area contributed by atoms with Crippen LogP contribution in [0.2, 0.25) is 0 Å². The van der Waals surface area contributed by atoms with Crippen LogP contribution in [0.5, 0.6) is 17.2 Å². The van der Waals surface area contributed by atoms with Crippen LogP contribution in [0.1, 0.15) is 57.4 Å². The molecule has 0 amide bonds. The fourth-order valence-corrected chi connectivity index (χ4v) is 5.59. The summed E-state index contributed by atoms with van der Waals surface area (Å²) in [5.74, 6) is -3.61. The highest BCUT2D eigenvalue weighted by molar-refractivity contribution is 6.12. The number of aromatic hydroxyl groups is 1. The number of carbonyl (C=O) groups excluding carboxylic acids is 3. The van der Waals surface area contributed by atoms with E-state index in [1.807, 2.05) is 6.92 Å². The summed E-state index contributed by atoms with van der Waals surface area (Å²) in [6, 6.07) is 3.15. The average Bonchev–Trinajstić information content (AvgIpc) is 3.36. The van der Waals surface area contributed by atoms with Gasteiger partial charge in [0.15, 0.2) is 17.3 Å². The van der Waals surface area contributed by atoms with Crippen molar-refractivity contribution < 1.29 is 38.4 Å². The fraction of sp³-hybridized carbons (Fsp3) is 0.519. The van der Waals surface area contributed by atoms with Crippen molar-refractivity contribution in [1.82, 2.24) is 5.32 Å². The van der Waals surface area contributed by atoms with Crippen LogP contribution < -0.4 is 14.8 Å². The van der Waals surface area contributed by atoms with Gasteiger partial charge in [-0.25, -0.2) is 4.79 Å². The quantitative estimate of drug-likeness (QED) is 0.447. The number of phenolic OH excluding ortho intramolecular Hbond substituents is 1. The van der Waals surface area contributed by atoms with Crippen LogP contribution in [0.4, 0.5) is 0 Å². The number of hydrogen-bond acceptors (Lipinski definition) is 9. The maximum atomic E-state index is 13.9. The Labute approximate surface area is 210 Å². The van der Waals surface area contributed by atoms with Crippen LogP contribution >= 0.6 is 0 Å². The maximum Gasteiger partial charge on any atom is 0.337 e. The minimum atomic E-state index is -0.996. The van der Waals surface area contributed by atoms with Crippen molar-refractivity contribution in [1.29, 1.82) is 0 Å². The highest BCUT2D eigenvalue weighted by atomic mass is 16.5. The lowest BCUT2D eigenvalue weighted by atomic mass is 9.69. The van der Waals surface area contributed by atoms with E-state index >= 15 is 0 Å². The predicted octanol–water partition coefficient (Wildman–Crippen LogP) is 3.51. The lowest BCUT2D eigenvalue weighted by Gasteiger charge is -2.38. The summed E-state index contributed by atoms with van der Waals surface area (Å²) in [6.07, 6.45) is 3.83. The summed E-state index contributed by atoms with van der Waals surface area (Å²) >= 11 is 0. The molecule has 4 rings (SSSR count). The standard InChI is InChI=1S/C27H33NO8/c1-13-10-17-23(25(30)20(13)26(31)35-5)22(15-11-18(33-3)24(29)19(12-15)34-4)21(14(2)28-17)27(32)36-16-8-6-7-9-16/h11-13,16,20,22,28-29H,6-10H2,1-5H3/t13-,20-,22+/m0/s1. The van der Waals surface area contributed by atoms with E-state index in [1.54, 1.807) is 19.1 Å². The molecule has 0 bridgehead atoms. The topological polar surface area (TPSA) is 120 Å². The zero-order valence-corrected chi connectivity index (χ0v) is 21.3. The number of ketones is 1. The van der Waals surface area contributed by atoms with E-state index < -0.39 is 29.6 Å². The fourth-order valence-electron chi connectivity index (χ4n) is 5.59. The molecule has 1 fully saturated rings. The Morgan fingerprint density at radius 2 is 1.67 bits per heavy atom. The number of phenols is 1. The lowest BCUT2D eigenvalue weighted by Crippen LogP contribution is -2.43. The van der Waals surface area contributed by atoms with E-state index in [4.69, 9.17) is 18.9 Å². The van der Waals surface area contributed by atoms with Gasteiger partial charge in [0.25, 0.3) is 0 Å². The molecule has 1 aliphatic heterocycles. The van der Waals surface area contributed by atoms with Gasteiger partial charge in [-0.05, 0) is 62.6 Å². The van der Waals surface area contributed by atoms with Crippen LogP contribution in [-0.2, 0) is 23.9 Å². The number of Topliss-reactive ketones (excluding diaryl/α,β-unsaturated/α-hetero) is 1. The Kier molecular flexibility index (Phi) is 7.28. The van der Waals surface area contributed by atoms with Gasteiger partial charge in [-0.3, -0.25) is 9.59 Å². The number of carbonyl (C=O) groups is 3. The second kappa shape index (κ2) is 10.2. The first kappa shape index (κ1) is 25.6. The molecule has 1 aromatic rings. The number of rotatable bonds is 6. The minimum absolute atomic E-state index is 0.132. The van der Waals surface area contributed by atoms with Crippen molar-refractivity contribution >= 4 is 17.7 Å². The van der Waals surface area contributed by atoms with Crippen molar-refractivity contribution in [2.24, 2.45) is 11.8 Å². The molecule has 0 radical (unpaired) electrons. The van der Waals surface area contributed by atoms with Gasteiger partial charge in [-0.1, -0.05) is 6.92 Å². The third-order valence-electron chi connectivity index (χ3n) is 7.37. The first-order chi connectivity index (χ1) is 17.2. The Bertz CT molecular complexity index is 1120. The summed E-state index contributed by atoms with van der Waals surface area (Å²) in [7, 11) is 4.07. The Hall–Kier alpha value is -3.49. The van der Waals surface area contributed by atoms with Crippen LogP contribution in [0.25, 0.3) is 0 Å². The smallest absolute Gasteiger partial charge is 0.337 e. The summed E-state index contributed by atoms with van der Waals surface area (Å²) < 4.78 is 21.5. The van der Waals surface area contributed by atoms with E-state index in [2.05, 4.69) is 5.32 Å². The van der Waals surface area contributed by atoms with Crippen molar-refractivity contribution in [3.05, 3.63) is 40.2 Å². The average molecular weight is 500 g/mol. The van der Waals surface area contributed by atoms with Crippen LogP contribution in [-0.4, -0.2) is 50.3 Å². The molecule has 0 aromatic heterocycles. The van der Waals surface area contributed by atoms with Gasteiger partial charge in [0.1, 0.15) is 12.0 Å². The molecule has 9 heteroatoms. The second-order valence-electron chi connectivity index (χ2n) is 9.62. The predicted molar refractivity (Wildman–Crippen MR) is 129 cm³/mol. The highest BCUT2D eigenvalue weighted by Crippen LogP contribution is 2.49. The molecule has 2 N–H and O–H groups in total. The number of ether oxygens (including phenoxy) is 4. The number of allylic oxidation sites excluding steroid dienone is 3. The third-order valence-corrected chi connectivity index (χ3v) is 7.37. The van der Waals surface area contributed by atoms with E-state index in [9.17, 15) is 19.5 Å². The summed E-state index contributed by atoms with van der Waals surface area (Å²) in [4.78, 5) is 40.0. The number of dihydropyridines is 1. The summed E-state index contributed by atoms with van der Waals surface area (Å²) in [5, 5.41) is 13.7. The molecule has 36 heavy (non-hydrogen) atoms. The number of esters is 2. The molecule has 0 unspecified atom stereocenters. The molecular formula is C27H33NO8. The lowest BCUT2D eigenvalue weighted by molar-refractivity contribution is -0.151. The molecule has 1 aromatic carbocycles. The van der Waals surface area contributed by atoms with E-state index in [0.717, 1.165) is 25.7 Å². The van der Waals surface area contributed by atoms with Gasteiger partial charge in [-0.15, -0.1) is 0 Å². The van der Waals surface area contributed by atoms with Crippen LogP contribution in [0.3, 0.4) is 0 Å². The molecule has 1 heterocycles. The minimum Gasteiger partial charge on any atom is -0.502 e. The normalized spacial score (nSPS) is 24.2. The Morgan fingerprint density at radius 3 is 2.22 bits per heavy atom. The first-order valence-corrected chi connectivity index (χ1v) is 12.2. The van der Waals surface area contributed by atoms with Gasteiger partial charge in [0.2, 0.25) is 5.75 Å². The molecule has 194 valence electrons. The summed E-state index contributed by atoms with van der Waals surface area (Å²) in [5.41, 5.74) is 2.31. The maximum absolute atomic E-state index is 13.9. The van der Waals surface area contributed by atoms with Gasteiger partial charge in [-0.2, -0.15) is 0 Å². The van der Waals surface area contributed by atoms with Crippen LogP contribution in [0.15, 0.2) is 34.7 Å². The third kappa shape index (κ3) is 4.42. The van der Waals surface area contributed by atoms with Crippen molar-refractivity contribution in [2.45, 2.75) is 58.0 Å². The molecule has 2 aliphatic carbocycles. The number of methoxy groups -OCH3 is 3. The number of benzene rings is 1. The first-order valence-electron chi connectivity index (χ1n) is 12.2. The SMILES string of the molecule is COC(=O)[C@@H]1C(=O)C2=C(C[C@@H]1C)NC(C)=C(C(=O)OC1CCCC1)[C@H]2c1cc(OC)c(O)c(OC)c1. The second-order valence-corrected chi connectivity index (χ2v) is 9.62. The van der Waals surface area contributed by atoms with Crippen LogP contribution in [0, 0.1) is 11.8 Å². The van der Waals surface area contributed by atoms with Crippen molar-refractivity contribution in [2.75, 3.05) is 21.3 Å². The number of nitrogens with one attached hydrogen (secondary N) is 1. The van der Waals surface area contributed by atoms with E-state index in [0.29, 0.717) is 29.0 Å². The highest BCUT2D eigenvalue weighted by Gasteiger charge is 2.47. The molecule has 0 spiro atoms. The van der Waals surface area contributed by atoms with Gasteiger partial charge >= 0.3 is 11.9 Å². The molecule has 1 saturated carbocycles. The molecule has 3 atom stereocenters. The molecular weight excluding hydrogens is 466 g/mol. The van der Waals surface area contributed by atoms with E-state index in [-0.39, 0.29) is 34.8 Å². The molecule has 0 saturated heterocycles. The number of hydrogen-bond donors (Lipinski definition) is 2. The Balaban J connectivity index is 1.89. The Morgan fingerprint density at radius 1 is 1.06 bits per heavy atom. The molecule has 3 aliphatic rings. The monoisotopic (exact) mass is 499 g/mol. The van der Waals surface area contributed by atoms with Crippen molar-refractivity contribution in [3.63, 3.8) is 0 Å². The van der Waals surface area contributed by atoms with E-state index in [1.165, 1.54) is 21.3 Å². The largest absolute Gasteiger partial charge is 0.502 e. The zero-order chi connectivity index (χ0) is 26.1. The van der Waals surface area contributed by atoms with Gasteiger partial charge in [0.05, 0.1) is 26.9 Å². The molecule has 9 nitrogen and oxygen atoms in total. The van der Waals surface area contributed by atoms with Gasteiger partial charge in [0, 0.05) is 22.9 Å². The zero-order valence-electron chi connectivity index (χ0n) is 21.3. The van der Waals surface area contributed by atoms with Gasteiger partial charge < -0.3 is 29.4 Å². The summed E-state index contributed by atoms with van der Waals surface area (Å²) in [6.45, 7) is 3.61. The van der Waals surface area contributed by atoms with Crippen molar-refractivity contribution in [3.8, 4) is 17.2 Å².